The molecule has 0 aromatic carbocycles. The number of unbranched alkanes of at least 4 members (excludes halogenated alkanes) is 34. The van der Waals surface area contributed by atoms with E-state index in [2.05, 4.69) is 108 Å². The van der Waals surface area contributed by atoms with Gasteiger partial charge >= 0.3 is 0 Å². The highest BCUT2D eigenvalue weighted by Crippen LogP contribution is 2.56. The molecule has 0 aliphatic carbocycles. The van der Waals surface area contributed by atoms with Gasteiger partial charge in [0.25, 0.3) is 0 Å². The van der Waals surface area contributed by atoms with E-state index in [1.807, 2.05) is 22.7 Å². The molecule has 0 fully saturated rings. The Morgan fingerprint density at radius 1 is 0.269 bits per heavy atom. The van der Waals surface area contributed by atoms with Crippen molar-refractivity contribution in [2.24, 2.45) is 11.8 Å². The van der Waals surface area contributed by atoms with Crippen molar-refractivity contribution in [3.63, 3.8) is 0 Å². The third-order valence-corrected chi connectivity index (χ3v) is 25.7. The smallest absolute Gasteiger partial charge is 0.0651 e. The summed E-state index contributed by atoms with van der Waals surface area (Å²) >= 11 is 12.5. The molecular formula is C72H116S6. The fourth-order valence-electron chi connectivity index (χ4n) is 13.0. The van der Waals surface area contributed by atoms with E-state index in [4.69, 9.17) is 0 Å². The fraction of sp³-hybridized carbons (Fsp3) is 0.750. The molecule has 2 unspecified atom stereocenters. The maximum atomic E-state index is 2.39. The number of thiophene rings is 6. The minimum atomic E-state index is 0.985. The maximum absolute atomic E-state index is 2.39. The molecule has 0 bridgehead atoms. The lowest BCUT2D eigenvalue weighted by atomic mass is 9.89. The first-order valence-electron chi connectivity index (χ1n) is 34.2. The molecular weight excluding hydrogens is 1060 g/mol. The number of hydrogen-bond donors (Lipinski definition) is 0. The Balaban J connectivity index is 0.976. The number of aryl methyl sites for hydroxylation is 2. The van der Waals surface area contributed by atoms with Crippen LogP contribution in [0, 0.1) is 11.8 Å². The molecule has 0 N–H and O–H groups in total. The van der Waals surface area contributed by atoms with Crippen LogP contribution in [-0.2, 0) is 12.8 Å². The molecule has 0 aliphatic heterocycles. The van der Waals surface area contributed by atoms with E-state index < -0.39 is 0 Å². The van der Waals surface area contributed by atoms with Gasteiger partial charge in [-0.15, -0.1) is 68.0 Å². The predicted octanol–water partition coefficient (Wildman–Crippen LogP) is 29.2. The zero-order valence-electron chi connectivity index (χ0n) is 51.0. The monoisotopic (exact) mass is 1170 g/mol. The van der Waals surface area contributed by atoms with Crippen LogP contribution in [0.1, 0.15) is 334 Å². The Bertz CT molecular complexity index is 2150. The average molecular weight is 1170 g/mol. The molecule has 6 heteroatoms. The molecule has 0 saturated heterocycles. The highest BCUT2D eigenvalue weighted by molar-refractivity contribution is 7.46. The van der Waals surface area contributed by atoms with Gasteiger partial charge in [0.15, 0.2) is 0 Å². The Hall–Kier alpha value is -1.02. The van der Waals surface area contributed by atoms with Crippen molar-refractivity contribution >= 4 is 96.2 Å². The lowest BCUT2D eigenvalue weighted by Crippen LogP contribution is -2.01. The summed E-state index contributed by atoms with van der Waals surface area (Å²) < 4.78 is 9.63. The fourth-order valence-corrected chi connectivity index (χ4v) is 21.0. The zero-order valence-corrected chi connectivity index (χ0v) is 55.9. The Morgan fingerprint density at radius 3 is 0.769 bits per heavy atom. The lowest BCUT2D eigenvalue weighted by Gasteiger charge is -2.17. The van der Waals surface area contributed by atoms with E-state index in [0.29, 0.717) is 0 Å². The molecule has 0 radical (unpaired) electrons. The second kappa shape index (κ2) is 41.9. The van der Waals surface area contributed by atoms with E-state index in [0.717, 1.165) is 11.8 Å². The largest absolute Gasteiger partial charge is 0.143 e. The van der Waals surface area contributed by atoms with Gasteiger partial charge in [-0.2, -0.15) is 0 Å². The van der Waals surface area contributed by atoms with Crippen LogP contribution in [-0.4, -0.2) is 0 Å². The van der Waals surface area contributed by atoms with Crippen molar-refractivity contribution in [1.29, 1.82) is 0 Å². The van der Waals surface area contributed by atoms with E-state index >= 15 is 0 Å². The van der Waals surface area contributed by atoms with Gasteiger partial charge in [0.05, 0.1) is 28.2 Å². The molecule has 6 aromatic rings. The van der Waals surface area contributed by atoms with Crippen molar-refractivity contribution in [3.05, 3.63) is 46.2 Å². The number of rotatable bonds is 52. The van der Waals surface area contributed by atoms with Gasteiger partial charge in [-0.05, 0) is 71.5 Å². The molecule has 6 aromatic heterocycles. The van der Waals surface area contributed by atoms with Crippen molar-refractivity contribution in [2.45, 2.75) is 336 Å². The number of fused-ring (bicyclic) bond motifs is 5. The first-order valence-corrected chi connectivity index (χ1v) is 39.2. The summed E-state index contributed by atoms with van der Waals surface area (Å²) in [7, 11) is 0. The summed E-state index contributed by atoms with van der Waals surface area (Å²) in [6, 6.07) is 9.32. The van der Waals surface area contributed by atoms with Gasteiger partial charge in [0.1, 0.15) is 0 Å². The highest BCUT2D eigenvalue weighted by atomic mass is 32.1. The second-order valence-electron chi connectivity index (χ2n) is 24.6. The molecule has 0 aliphatic rings. The summed E-state index contributed by atoms with van der Waals surface area (Å²) in [6.07, 6.45) is 68.9. The first-order chi connectivity index (χ1) is 38.7. The Morgan fingerprint density at radius 2 is 0.513 bits per heavy atom. The van der Waals surface area contributed by atoms with Crippen molar-refractivity contribution < 1.29 is 0 Å². The molecule has 0 spiro atoms. The van der Waals surface area contributed by atoms with Gasteiger partial charge < -0.3 is 0 Å². The van der Waals surface area contributed by atoms with E-state index in [9.17, 15) is 0 Å². The summed E-state index contributed by atoms with van der Waals surface area (Å²) in [5, 5.41) is 4.59. The molecule has 78 heavy (non-hydrogen) atoms. The molecule has 0 nitrogen and oxygen atoms in total. The molecule has 2 atom stereocenters. The van der Waals surface area contributed by atoms with Crippen LogP contribution < -0.4 is 0 Å². The first kappa shape index (κ1) is 66.1. The van der Waals surface area contributed by atoms with Crippen molar-refractivity contribution in [1.82, 2.24) is 0 Å². The minimum Gasteiger partial charge on any atom is -0.143 e. The van der Waals surface area contributed by atoms with Crippen LogP contribution in [0.3, 0.4) is 0 Å². The third kappa shape index (κ3) is 23.9. The Kier molecular flexibility index (Phi) is 35.5. The standard InChI is InChI=1S/C72H116S6/c1-5-9-13-17-21-23-31-39-49-59(47-37-29-19-15-11-7-3)51-41-33-25-27-35-43-53-61-65(63-55-45-57-73-63)75-69-67(61)77-72-70-68(78-71(69)72)62(66(76-70)64-56-46-58-74-64)54-44-36-28-26-34-42-52-60(48-38-30-20-16-12-8-4)50-40-32-24-22-18-14-10-6-2/h45-46,55-60H,5-44,47-54H2,1-4H3. The molecule has 0 amide bonds. The number of hydrogen-bond acceptors (Lipinski definition) is 6. The lowest BCUT2D eigenvalue weighted by molar-refractivity contribution is 0.365. The van der Waals surface area contributed by atoms with Crippen LogP contribution in [0.5, 0.6) is 0 Å². The van der Waals surface area contributed by atoms with Crippen LogP contribution in [0.2, 0.25) is 0 Å². The van der Waals surface area contributed by atoms with Gasteiger partial charge in [0.2, 0.25) is 0 Å². The Labute approximate surface area is 505 Å². The van der Waals surface area contributed by atoms with Crippen molar-refractivity contribution in [3.8, 4) is 19.5 Å². The topological polar surface area (TPSA) is 0 Å². The van der Waals surface area contributed by atoms with Crippen LogP contribution in [0.25, 0.3) is 47.7 Å². The van der Waals surface area contributed by atoms with Crippen LogP contribution in [0.4, 0.5) is 0 Å². The molecule has 6 heterocycles. The molecule has 0 saturated carbocycles. The summed E-state index contributed by atoms with van der Waals surface area (Å²) in [5.41, 5.74) is 3.34. The second-order valence-corrected chi connectivity index (χ2v) is 30.6. The van der Waals surface area contributed by atoms with Crippen LogP contribution in [0.15, 0.2) is 35.0 Å². The quantitative estimate of drug-likeness (QED) is 0.0334. The summed E-state index contributed by atoms with van der Waals surface area (Å²) in [5.74, 6) is 1.97. The predicted molar refractivity (Wildman–Crippen MR) is 367 cm³/mol. The van der Waals surface area contributed by atoms with Crippen LogP contribution >= 0.6 is 68.0 Å². The summed E-state index contributed by atoms with van der Waals surface area (Å²) in [4.78, 5) is 6.13. The molecule has 440 valence electrons. The van der Waals surface area contributed by atoms with Gasteiger partial charge in [0, 0.05) is 19.5 Å². The van der Waals surface area contributed by atoms with Gasteiger partial charge in [-0.3, -0.25) is 0 Å². The maximum Gasteiger partial charge on any atom is 0.0651 e. The average Bonchev–Trinajstić information content (AvgIpc) is 4.34. The molecule has 6 rings (SSSR count). The SMILES string of the molecule is CCCCCCCCCCC(CCCCCCCC)CCCCCCCCc1c(-c2cccs2)sc2c1sc1c3sc(-c4cccs4)c(CCCCCCCCC(CCCCCCCC)CCCCCCCCCC)c3sc21. The normalized spacial score (nSPS) is 12.9. The van der Waals surface area contributed by atoms with E-state index in [1.165, 1.54) is 318 Å². The highest BCUT2D eigenvalue weighted by Gasteiger charge is 2.25. The third-order valence-electron chi connectivity index (χ3n) is 17.9. The van der Waals surface area contributed by atoms with Gasteiger partial charge in [-0.25, -0.2) is 0 Å². The van der Waals surface area contributed by atoms with Crippen molar-refractivity contribution in [2.75, 3.05) is 0 Å². The zero-order chi connectivity index (χ0) is 54.5. The minimum absolute atomic E-state index is 0.985. The van der Waals surface area contributed by atoms with E-state index in [1.54, 1.807) is 49.1 Å². The summed E-state index contributed by atoms with van der Waals surface area (Å²) in [6.45, 7) is 9.36. The van der Waals surface area contributed by atoms with E-state index in [-0.39, 0.29) is 0 Å². The van der Waals surface area contributed by atoms with Gasteiger partial charge in [-0.1, -0.05) is 322 Å².